The number of anilines is 1. The van der Waals surface area contributed by atoms with E-state index in [0.29, 0.717) is 39.3 Å². The fourth-order valence-electron chi connectivity index (χ4n) is 4.63. The lowest BCUT2D eigenvalue weighted by Gasteiger charge is -2.36. The van der Waals surface area contributed by atoms with Crippen LogP contribution in [-0.4, -0.2) is 49.8 Å². The predicted molar refractivity (Wildman–Crippen MR) is 144 cm³/mol. The van der Waals surface area contributed by atoms with Gasteiger partial charge in [0.15, 0.2) is 0 Å². The molecule has 0 radical (unpaired) electrons. The van der Waals surface area contributed by atoms with Crippen LogP contribution in [0.25, 0.3) is 11.7 Å². The standard InChI is InChI=1S/C26H26N4O3S2/c1-16-14-28(15-17(2)33-16)23-20(24(31)29-12-8-7-11-22(29)27-23)13-21-25(32)30(26(34)35-21)18(3)19-9-5-4-6-10-19/h4-13,16-18H,14-15H2,1-3H3/b21-13-. The summed E-state index contributed by atoms with van der Waals surface area (Å²) >= 11 is 6.81. The number of carbonyl (C=O) groups is 1. The number of hydrogen-bond donors (Lipinski definition) is 0. The molecule has 5 rings (SSSR count). The maximum absolute atomic E-state index is 13.6. The minimum absolute atomic E-state index is 0.00689. The first-order valence-corrected chi connectivity index (χ1v) is 12.8. The van der Waals surface area contributed by atoms with Gasteiger partial charge in [0.2, 0.25) is 0 Å². The van der Waals surface area contributed by atoms with Gasteiger partial charge < -0.3 is 9.64 Å². The monoisotopic (exact) mass is 506 g/mol. The van der Waals surface area contributed by atoms with Gasteiger partial charge in [0.25, 0.3) is 11.5 Å². The number of amides is 1. The van der Waals surface area contributed by atoms with E-state index in [1.807, 2.05) is 63.2 Å². The van der Waals surface area contributed by atoms with E-state index in [1.54, 1.807) is 23.2 Å². The average molecular weight is 507 g/mol. The fraction of sp³-hybridized carbons (Fsp3) is 0.308. The van der Waals surface area contributed by atoms with Gasteiger partial charge in [-0.3, -0.25) is 18.9 Å². The fourth-order valence-corrected chi connectivity index (χ4v) is 6.03. The highest BCUT2D eigenvalue weighted by atomic mass is 32.2. The average Bonchev–Trinajstić information content (AvgIpc) is 3.12. The third-order valence-electron chi connectivity index (χ3n) is 6.24. The molecule has 35 heavy (non-hydrogen) atoms. The van der Waals surface area contributed by atoms with Crippen molar-refractivity contribution < 1.29 is 9.53 Å². The molecule has 3 aromatic rings. The molecule has 2 saturated heterocycles. The first-order chi connectivity index (χ1) is 16.8. The van der Waals surface area contributed by atoms with Gasteiger partial charge in [-0.25, -0.2) is 4.98 Å². The van der Waals surface area contributed by atoms with Crippen molar-refractivity contribution >= 4 is 51.7 Å². The summed E-state index contributed by atoms with van der Waals surface area (Å²) in [7, 11) is 0. The van der Waals surface area contributed by atoms with E-state index < -0.39 is 0 Å². The van der Waals surface area contributed by atoms with Gasteiger partial charge in [0.1, 0.15) is 15.8 Å². The number of thiocarbonyl (C=S) groups is 1. The number of morpholine rings is 1. The SMILES string of the molecule is CC1CN(c2nc3ccccn3c(=O)c2/C=C2\SC(=S)N(C(C)c3ccccc3)C2=O)CC(C)O1. The predicted octanol–water partition coefficient (Wildman–Crippen LogP) is 4.27. The van der Waals surface area contributed by atoms with Crippen LogP contribution in [-0.2, 0) is 9.53 Å². The van der Waals surface area contributed by atoms with Crippen molar-refractivity contribution in [3.63, 3.8) is 0 Å². The number of thioether (sulfide) groups is 1. The van der Waals surface area contributed by atoms with E-state index in [1.165, 1.54) is 16.2 Å². The lowest BCUT2D eigenvalue weighted by molar-refractivity contribution is -0.123. The minimum atomic E-state index is -0.223. The molecular formula is C26H26N4O3S2. The van der Waals surface area contributed by atoms with Gasteiger partial charge in [-0.2, -0.15) is 0 Å². The Labute approximate surface area is 213 Å². The summed E-state index contributed by atoms with van der Waals surface area (Å²) in [6, 6.07) is 15.0. The zero-order chi connectivity index (χ0) is 24.7. The molecule has 2 aliphatic rings. The van der Waals surface area contributed by atoms with Crippen molar-refractivity contribution in [2.75, 3.05) is 18.0 Å². The van der Waals surface area contributed by atoms with Crippen LogP contribution in [0.1, 0.15) is 37.9 Å². The number of aromatic nitrogens is 2. The maximum Gasteiger partial charge on any atom is 0.267 e. The lowest BCUT2D eigenvalue weighted by atomic mass is 10.1. The van der Waals surface area contributed by atoms with Crippen LogP contribution >= 0.6 is 24.0 Å². The number of pyridine rings is 1. The van der Waals surface area contributed by atoms with E-state index in [-0.39, 0.29) is 29.7 Å². The number of nitrogens with zero attached hydrogens (tertiary/aromatic N) is 4. The topological polar surface area (TPSA) is 67.2 Å². The van der Waals surface area contributed by atoms with Crippen LogP contribution < -0.4 is 10.5 Å². The molecule has 3 unspecified atom stereocenters. The minimum Gasteiger partial charge on any atom is -0.372 e. The molecule has 7 nitrogen and oxygen atoms in total. The van der Waals surface area contributed by atoms with Crippen molar-refractivity contribution in [1.29, 1.82) is 0 Å². The molecule has 2 fully saturated rings. The Kier molecular flexibility index (Phi) is 6.48. The van der Waals surface area contributed by atoms with Gasteiger partial charge in [-0.1, -0.05) is 60.4 Å². The molecule has 4 heterocycles. The molecule has 1 aromatic carbocycles. The number of hydrogen-bond acceptors (Lipinski definition) is 7. The molecule has 1 amide bonds. The zero-order valence-corrected chi connectivity index (χ0v) is 21.4. The normalized spacial score (nSPS) is 22.9. The largest absolute Gasteiger partial charge is 0.372 e. The van der Waals surface area contributed by atoms with E-state index in [4.69, 9.17) is 21.9 Å². The van der Waals surface area contributed by atoms with Crippen molar-refractivity contribution in [2.24, 2.45) is 0 Å². The number of rotatable bonds is 4. The number of ether oxygens (including phenoxy) is 1. The first kappa shape index (κ1) is 23.7. The molecule has 2 aromatic heterocycles. The Balaban J connectivity index is 1.59. The van der Waals surface area contributed by atoms with E-state index in [0.717, 1.165) is 5.56 Å². The molecule has 2 aliphatic heterocycles. The van der Waals surface area contributed by atoms with Crippen molar-refractivity contribution in [3.8, 4) is 0 Å². The van der Waals surface area contributed by atoms with Crippen molar-refractivity contribution in [3.05, 3.63) is 81.1 Å². The van der Waals surface area contributed by atoms with Crippen LogP contribution in [0.2, 0.25) is 0 Å². The highest BCUT2D eigenvalue weighted by Gasteiger charge is 2.37. The molecule has 0 spiro atoms. The quantitative estimate of drug-likeness (QED) is 0.387. The molecule has 0 N–H and O–H groups in total. The molecule has 9 heteroatoms. The van der Waals surface area contributed by atoms with E-state index in [9.17, 15) is 9.59 Å². The van der Waals surface area contributed by atoms with Gasteiger partial charge >= 0.3 is 0 Å². The number of fused-ring (bicyclic) bond motifs is 1. The third kappa shape index (κ3) is 4.51. The Hall–Kier alpha value is -3.01. The smallest absolute Gasteiger partial charge is 0.267 e. The second-order valence-corrected chi connectivity index (χ2v) is 10.6. The molecule has 0 saturated carbocycles. The van der Waals surface area contributed by atoms with Gasteiger partial charge in [-0.05, 0) is 44.5 Å². The van der Waals surface area contributed by atoms with Gasteiger partial charge in [0.05, 0.1) is 28.7 Å². The summed E-state index contributed by atoms with van der Waals surface area (Å²) in [4.78, 5) is 36.1. The first-order valence-electron chi connectivity index (χ1n) is 11.6. The Morgan fingerprint density at radius 2 is 1.77 bits per heavy atom. The van der Waals surface area contributed by atoms with Gasteiger partial charge in [0, 0.05) is 19.3 Å². The van der Waals surface area contributed by atoms with E-state index >= 15 is 0 Å². The summed E-state index contributed by atoms with van der Waals surface area (Å²) in [6.07, 6.45) is 3.34. The molecular weight excluding hydrogens is 480 g/mol. The molecule has 3 atom stereocenters. The number of benzene rings is 1. The summed E-state index contributed by atoms with van der Waals surface area (Å²) in [5.41, 5.74) is 1.71. The Bertz CT molecular complexity index is 1380. The van der Waals surface area contributed by atoms with E-state index in [2.05, 4.69) is 4.90 Å². The molecule has 180 valence electrons. The highest BCUT2D eigenvalue weighted by molar-refractivity contribution is 8.26. The van der Waals surface area contributed by atoms with Crippen LogP contribution in [0.4, 0.5) is 5.82 Å². The zero-order valence-electron chi connectivity index (χ0n) is 19.7. The van der Waals surface area contributed by atoms with Crippen LogP contribution in [0.15, 0.2) is 64.4 Å². The third-order valence-corrected chi connectivity index (χ3v) is 7.57. The summed E-state index contributed by atoms with van der Waals surface area (Å²) in [5, 5.41) is 0. The lowest BCUT2D eigenvalue weighted by Crippen LogP contribution is -2.46. The van der Waals surface area contributed by atoms with Crippen LogP contribution in [0.5, 0.6) is 0 Å². The maximum atomic E-state index is 13.6. The summed E-state index contributed by atoms with van der Waals surface area (Å²) in [6.45, 7) is 7.18. The Morgan fingerprint density at radius 1 is 1.09 bits per heavy atom. The van der Waals surface area contributed by atoms with Crippen molar-refractivity contribution in [1.82, 2.24) is 14.3 Å². The number of carbonyl (C=O) groups excluding carboxylic acids is 1. The van der Waals surface area contributed by atoms with Gasteiger partial charge in [-0.15, -0.1) is 0 Å². The van der Waals surface area contributed by atoms with Crippen molar-refractivity contribution in [2.45, 2.75) is 39.0 Å². The van der Waals surface area contributed by atoms with Crippen LogP contribution in [0.3, 0.4) is 0 Å². The summed E-state index contributed by atoms with van der Waals surface area (Å²) in [5.74, 6) is 0.355. The second-order valence-electron chi connectivity index (χ2n) is 8.88. The summed E-state index contributed by atoms with van der Waals surface area (Å²) < 4.78 is 7.88. The molecule has 0 aliphatic carbocycles. The Morgan fingerprint density at radius 3 is 2.49 bits per heavy atom. The molecule has 0 bridgehead atoms. The second kappa shape index (κ2) is 9.56. The highest BCUT2D eigenvalue weighted by Crippen LogP contribution is 2.38. The van der Waals surface area contributed by atoms with Crippen LogP contribution in [0, 0.1) is 0 Å².